The highest BCUT2D eigenvalue weighted by Gasteiger charge is 2.51. The fraction of sp³-hybridized carbons (Fsp3) is 0.619. The lowest BCUT2D eigenvalue weighted by Crippen LogP contribution is -2.56. The Morgan fingerprint density at radius 3 is 1.16 bits per heavy atom. The molecule has 2 aliphatic carbocycles. The number of hydrogen-bond acceptors (Lipinski definition) is 6. The minimum Gasteiger partial charge on any atom is -0.456 e. The molecule has 2 aliphatic rings. The summed E-state index contributed by atoms with van der Waals surface area (Å²) < 4.78 is 12.6. The van der Waals surface area contributed by atoms with E-state index in [4.69, 9.17) is 32.7 Å². The first-order valence-corrected chi connectivity index (χ1v) is 19.5. The molecule has 0 amide bonds. The Hall–Kier alpha value is -2.38. The van der Waals surface area contributed by atoms with E-state index in [0.717, 1.165) is 48.6 Å². The maximum absolute atomic E-state index is 13.4. The SMILES string of the molecule is CCC(CC)(CC(N(C)C)C1(c2ccc(Cl)cc2)CCC1)OC(=O)/C=C\C(=O)OC(CC)(CC)CC(N(C)C)C1(c2ccc(Cl)cc2)CCC1. The van der Waals surface area contributed by atoms with Gasteiger partial charge in [-0.3, -0.25) is 0 Å². The van der Waals surface area contributed by atoms with Gasteiger partial charge >= 0.3 is 11.9 Å². The molecule has 2 atom stereocenters. The summed E-state index contributed by atoms with van der Waals surface area (Å²) in [6.45, 7) is 8.31. The molecule has 6 nitrogen and oxygen atoms in total. The molecule has 0 radical (unpaired) electrons. The van der Waals surface area contributed by atoms with Gasteiger partial charge in [-0.2, -0.15) is 0 Å². The second kappa shape index (κ2) is 17.0. The number of carbonyl (C=O) groups is 2. The third kappa shape index (κ3) is 8.62. The summed E-state index contributed by atoms with van der Waals surface area (Å²) in [4.78, 5) is 31.5. The van der Waals surface area contributed by atoms with Crippen LogP contribution >= 0.6 is 23.2 Å². The van der Waals surface area contributed by atoms with Crippen molar-refractivity contribution >= 4 is 35.1 Å². The number of carbonyl (C=O) groups excluding carboxylic acids is 2. The monoisotopic (exact) mass is 726 g/mol. The fourth-order valence-electron chi connectivity index (χ4n) is 8.84. The quantitative estimate of drug-likeness (QED) is 0.113. The highest BCUT2D eigenvalue weighted by molar-refractivity contribution is 6.30. The van der Waals surface area contributed by atoms with Crippen molar-refractivity contribution in [2.24, 2.45) is 0 Å². The van der Waals surface area contributed by atoms with Gasteiger partial charge in [0.15, 0.2) is 0 Å². The molecule has 276 valence electrons. The minimum atomic E-state index is -0.677. The van der Waals surface area contributed by atoms with Crippen molar-refractivity contribution < 1.29 is 19.1 Å². The van der Waals surface area contributed by atoms with Crippen LogP contribution in [-0.4, -0.2) is 73.2 Å². The van der Waals surface area contributed by atoms with Crippen LogP contribution in [0.5, 0.6) is 0 Å². The van der Waals surface area contributed by atoms with Crippen LogP contribution in [0.1, 0.15) is 116 Å². The zero-order valence-electron chi connectivity index (χ0n) is 31.7. The minimum absolute atomic E-state index is 0.0323. The van der Waals surface area contributed by atoms with Crippen LogP contribution in [0, 0.1) is 0 Å². The molecule has 0 heterocycles. The predicted octanol–water partition coefficient (Wildman–Crippen LogP) is 9.94. The lowest BCUT2D eigenvalue weighted by molar-refractivity contribution is -0.161. The molecule has 2 unspecified atom stereocenters. The number of nitrogens with zero attached hydrogens (tertiary/aromatic N) is 2. The molecular formula is C42H60Cl2N2O4. The van der Waals surface area contributed by atoms with Gasteiger partial charge in [0, 0.05) is 58.0 Å². The van der Waals surface area contributed by atoms with Gasteiger partial charge in [0.1, 0.15) is 11.2 Å². The van der Waals surface area contributed by atoms with E-state index in [1.165, 1.54) is 23.3 Å². The topological polar surface area (TPSA) is 59.1 Å². The number of hydrogen-bond donors (Lipinski definition) is 0. The standard InChI is InChI=1S/C42H60Cl2N2O4/c1-9-39(10-2,29-35(45(5)6)41(25-13-26-41)31-15-19-33(43)20-16-31)49-37(47)23-24-38(48)50-40(11-3,12-4)30-36(46(7)8)42(27-14-28-42)32-17-21-34(44)22-18-32/h15-24,35-36H,9-14,25-30H2,1-8H3/b24-23-. The molecule has 0 N–H and O–H groups in total. The zero-order chi connectivity index (χ0) is 36.7. The van der Waals surface area contributed by atoms with E-state index in [1.807, 2.05) is 24.3 Å². The summed E-state index contributed by atoms with van der Waals surface area (Å²) in [7, 11) is 8.47. The van der Waals surface area contributed by atoms with Crippen molar-refractivity contribution in [2.45, 2.75) is 139 Å². The third-order valence-corrected chi connectivity index (χ3v) is 13.1. The lowest BCUT2D eigenvalue weighted by atomic mass is 9.58. The summed E-state index contributed by atoms with van der Waals surface area (Å²) in [5.41, 5.74) is 1.15. The highest BCUT2D eigenvalue weighted by Crippen LogP contribution is 2.52. The molecule has 2 aromatic rings. The maximum Gasteiger partial charge on any atom is 0.331 e. The molecule has 0 aliphatic heterocycles. The largest absolute Gasteiger partial charge is 0.456 e. The zero-order valence-corrected chi connectivity index (χ0v) is 33.2. The second-order valence-corrected chi connectivity index (χ2v) is 16.2. The highest BCUT2D eigenvalue weighted by atomic mass is 35.5. The maximum atomic E-state index is 13.4. The van der Waals surface area contributed by atoms with E-state index in [2.05, 4.69) is 90.0 Å². The Labute approximate surface area is 311 Å². The van der Waals surface area contributed by atoms with Gasteiger partial charge in [-0.25, -0.2) is 9.59 Å². The first kappa shape index (κ1) is 40.4. The number of esters is 2. The van der Waals surface area contributed by atoms with E-state index in [-0.39, 0.29) is 22.9 Å². The number of rotatable bonds is 18. The number of benzene rings is 2. The summed E-state index contributed by atoms with van der Waals surface area (Å²) in [5.74, 6) is -1.03. The lowest BCUT2D eigenvalue weighted by Gasteiger charge is -2.53. The van der Waals surface area contributed by atoms with Crippen LogP contribution in [-0.2, 0) is 29.9 Å². The van der Waals surface area contributed by atoms with Crippen LogP contribution < -0.4 is 0 Å². The molecular weight excluding hydrogens is 667 g/mol. The Kier molecular flexibility index (Phi) is 13.7. The van der Waals surface area contributed by atoms with Crippen molar-refractivity contribution in [2.75, 3.05) is 28.2 Å². The van der Waals surface area contributed by atoms with Crippen LogP contribution in [0.15, 0.2) is 60.7 Å². The molecule has 0 bridgehead atoms. The molecule has 2 fully saturated rings. The molecule has 2 aromatic carbocycles. The molecule has 8 heteroatoms. The Bertz CT molecular complexity index is 1330. The van der Waals surface area contributed by atoms with Gasteiger partial charge < -0.3 is 19.3 Å². The molecule has 2 saturated carbocycles. The number of ether oxygens (including phenoxy) is 2. The first-order chi connectivity index (χ1) is 23.7. The Morgan fingerprint density at radius 1 is 0.640 bits per heavy atom. The van der Waals surface area contributed by atoms with E-state index in [0.29, 0.717) is 38.5 Å². The van der Waals surface area contributed by atoms with Gasteiger partial charge in [0.25, 0.3) is 0 Å². The average molecular weight is 728 g/mol. The van der Waals surface area contributed by atoms with E-state index >= 15 is 0 Å². The molecule has 0 saturated heterocycles. The van der Waals surface area contributed by atoms with E-state index in [9.17, 15) is 9.59 Å². The van der Waals surface area contributed by atoms with Gasteiger partial charge in [0.2, 0.25) is 0 Å². The van der Waals surface area contributed by atoms with Crippen molar-refractivity contribution in [3.63, 3.8) is 0 Å². The number of likely N-dealkylation sites (N-methyl/N-ethyl adjacent to an activating group) is 2. The normalized spacial score (nSPS) is 18.4. The predicted molar refractivity (Wildman–Crippen MR) is 206 cm³/mol. The van der Waals surface area contributed by atoms with Crippen LogP contribution in [0.2, 0.25) is 10.0 Å². The molecule has 0 aromatic heterocycles. The Balaban J connectivity index is 1.48. The van der Waals surface area contributed by atoms with Crippen molar-refractivity contribution in [3.05, 3.63) is 81.9 Å². The van der Waals surface area contributed by atoms with Crippen LogP contribution in [0.25, 0.3) is 0 Å². The summed E-state index contributed by atoms with van der Waals surface area (Å²) in [5, 5.41) is 1.46. The van der Waals surface area contributed by atoms with Gasteiger partial charge in [-0.05, 0) is 115 Å². The summed E-state index contributed by atoms with van der Waals surface area (Å²) >= 11 is 12.5. The van der Waals surface area contributed by atoms with Crippen molar-refractivity contribution in [3.8, 4) is 0 Å². The molecule has 4 rings (SSSR count). The van der Waals surface area contributed by atoms with Gasteiger partial charge in [0.05, 0.1) is 0 Å². The van der Waals surface area contributed by atoms with Crippen LogP contribution in [0.3, 0.4) is 0 Å². The van der Waals surface area contributed by atoms with Crippen molar-refractivity contribution in [1.29, 1.82) is 0 Å². The Morgan fingerprint density at radius 2 is 0.940 bits per heavy atom. The van der Waals surface area contributed by atoms with Gasteiger partial charge in [-0.1, -0.05) is 88.0 Å². The van der Waals surface area contributed by atoms with E-state index in [1.54, 1.807) is 0 Å². The second-order valence-electron chi connectivity index (χ2n) is 15.4. The van der Waals surface area contributed by atoms with Crippen molar-refractivity contribution in [1.82, 2.24) is 9.80 Å². The third-order valence-electron chi connectivity index (χ3n) is 12.6. The summed E-state index contributed by atoms with van der Waals surface area (Å²) in [6.07, 6.45) is 13.2. The first-order valence-electron chi connectivity index (χ1n) is 18.7. The number of halogens is 2. The van der Waals surface area contributed by atoms with E-state index < -0.39 is 23.1 Å². The smallest absolute Gasteiger partial charge is 0.331 e. The van der Waals surface area contributed by atoms with Crippen LogP contribution in [0.4, 0.5) is 0 Å². The molecule has 50 heavy (non-hydrogen) atoms. The molecule has 0 spiro atoms. The average Bonchev–Trinajstić information content (AvgIpc) is 3.06. The summed E-state index contributed by atoms with van der Waals surface area (Å²) in [6, 6.07) is 16.8. The van der Waals surface area contributed by atoms with Gasteiger partial charge in [-0.15, -0.1) is 0 Å². The fourth-order valence-corrected chi connectivity index (χ4v) is 9.09.